The topological polar surface area (TPSA) is 62.2 Å². The Morgan fingerprint density at radius 2 is 2.10 bits per heavy atom. The van der Waals surface area contributed by atoms with Gasteiger partial charge >= 0.3 is 5.97 Å². The number of nitrogens with zero attached hydrogens (tertiary/aromatic N) is 1. The van der Waals surface area contributed by atoms with Gasteiger partial charge in [-0.25, -0.2) is 14.2 Å². The molecule has 1 heterocycles. The number of nitrogens with one attached hydrogen (secondary N) is 1. The standard InChI is InChI=1S/C14H15FN2O2S/c1-8(7-10-3-5-11(15)6-4-10)16-14-17-12(13(18)19)9(2)20-14/h3-6,8H,7H2,1-2H3,(H,16,17)(H,18,19). The largest absolute Gasteiger partial charge is 0.476 e. The number of hydrogen-bond donors (Lipinski definition) is 2. The molecule has 1 unspecified atom stereocenters. The Balaban J connectivity index is 2.00. The van der Waals surface area contributed by atoms with Gasteiger partial charge in [-0.15, -0.1) is 11.3 Å². The Kier molecular flexibility index (Phi) is 4.34. The van der Waals surface area contributed by atoms with Gasteiger partial charge in [-0.1, -0.05) is 12.1 Å². The van der Waals surface area contributed by atoms with Crippen molar-refractivity contribution in [3.63, 3.8) is 0 Å². The molecule has 20 heavy (non-hydrogen) atoms. The summed E-state index contributed by atoms with van der Waals surface area (Å²) in [4.78, 5) is 15.7. The van der Waals surface area contributed by atoms with Gasteiger partial charge in [-0.05, 0) is 38.0 Å². The zero-order chi connectivity index (χ0) is 14.7. The van der Waals surface area contributed by atoms with Gasteiger partial charge in [0.1, 0.15) is 5.82 Å². The van der Waals surface area contributed by atoms with Crippen molar-refractivity contribution in [2.45, 2.75) is 26.3 Å². The average molecular weight is 294 g/mol. The van der Waals surface area contributed by atoms with E-state index in [0.717, 1.165) is 5.56 Å². The number of carbonyl (C=O) groups is 1. The fourth-order valence-corrected chi connectivity index (χ4v) is 2.81. The van der Waals surface area contributed by atoms with Gasteiger partial charge in [0.2, 0.25) is 0 Å². The van der Waals surface area contributed by atoms with Crippen LogP contribution in [-0.4, -0.2) is 22.1 Å². The fraction of sp³-hybridized carbons (Fsp3) is 0.286. The first kappa shape index (κ1) is 14.5. The molecule has 0 aliphatic rings. The Morgan fingerprint density at radius 3 is 2.65 bits per heavy atom. The van der Waals surface area contributed by atoms with Gasteiger partial charge in [0.15, 0.2) is 10.8 Å². The molecular formula is C14H15FN2O2S. The predicted molar refractivity (Wildman–Crippen MR) is 77.0 cm³/mol. The monoisotopic (exact) mass is 294 g/mol. The van der Waals surface area contributed by atoms with E-state index in [1.807, 2.05) is 6.92 Å². The highest BCUT2D eigenvalue weighted by molar-refractivity contribution is 7.15. The molecule has 1 aromatic heterocycles. The second kappa shape index (κ2) is 6.00. The highest BCUT2D eigenvalue weighted by atomic mass is 32.1. The summed E-state index contributed by atoms with van der Waals surface area (Å²) >= 11 is 1.32. The number of aryl methyl sites for hydroxylation is 1. The molecule has 0 aliphatic carbocycles. The van der Waals surface area contributed by atoms with Crippen LogP contribution in [0.2, 0.25) is 0 Å². The molecule has 1 aromatic carbocycles. The molecular weight excluding hydrogens is 279 g/mol. The molecule has 4 nitrogen and oxygen atoms in total. The first-order chi connectivity index (χ1) is 9.45. The van der Waals surface area contributed by atoms with Crippen molar-refractivity contribution in [2.75, 3.05) is 5.32 Å². The molecule has 0 radical (unpaired) electrons. The number of rotatable bonds is 5. The van der Waals surface area contributed by atoms with Crippen LogP contribution >= 0.6 is 11.3 Å². The van der Waals surface area contributed by atoms with E-state index >= 15 is 0 Å². The molecule has 106 valence electrons. The molecule has 2 rings (SSSR count). The summed E-state index contributed by atoms with van der Waals surface area (Å²) in [5.41, 5.74) is 1.10. The number of halogens is 1. The molecule has 6 heteroatoms. The van der Waals surface area contributed by atoms with Crippen molar-refractivity contribution < 1.29 is 14.3 Å². The van der Waals surface area contributed by atoms with Crippen LogP contribution in [0.15, 0.2) is 24.3 Å². The maximum absolute atomic E-state index is 12.8. The molecule has 0 aliphatic heterocycles. The highest BCUT2D eigenvalue weighted by Gasteiger charge is 2.15. The number of benzene rings is 1. The van der Waals surface area contributed by atoms with Gasteiger partial charge in [-0.3, -0.25) is 0 Å². The first-order valence-corrected chi connectivity index (χ1v) is 6.99. The van der Waals surface area contributed by atoms with Crippen molar-refractivity contribution >= 4 is 22.4 Å². The van der Waals surface area contributed by atoms with E-state index in [0.29, 0.717) is 16.4 Å². The van der Waals surface area contributed by atoms with Crippen LogP contribution in [0.3, 0.4) is 0 Å². The van der Waals surface area contributed by atoms with Gasteiger partial charge in [0, 0.05) is 10.9 Å². The lowest BCUT2D eigenvalue weighted by molar-refractivity contribution is 0.0690. The third-order valence-electron chi connectivity index (χ3n) is 2.82. The zero-order valence-electron chi connectivity index (χ0n) is 11.2. The molecule has 2 aromatic rings. The Labute approximate surface area is 120 Å². The van der Waals surface area contributed by atoms with Crippen LogP contribution < -0.4 is 5.32 Å². The summed E-state index contributed by atoms with van der Waals surface area (Å²) in [5.74, 6) is -1.27. The number of aromatic carboxylic acids is 1. The third kappa shape index (κ3) is 3.54. The van der Waals surface area contributed by atoms with E-state index in [1.54, 1.807) is 19.1 Å². The highest BCUT2D eigenvalue weighted by Crippen LogP contribution is 2.23. The van der Waals surface area contributed by atoms with Crippen LogP contribution in [0.25, 0.3) is 0 Å². The lowest BCUT2D eigenvalue weighted by Gasteiger charge is -2.12. The van der Waals surface area contributed by atoms with E-state index < -0.39 is 5.97 Å². The summed E-state index contributed by atoms with van der Waals surface area (Å²) < 4.78 is 12.8. The van der Waals surface area contributed by atoms with E-state index in [2.05, 4.69) is 10.3 Å². The Morgan fingerprint density at radius 1 is 1.45 bits per heavy atom. The zero-order valence-corrected chi connectivity index (χ0v) is 12.0. The molecule has 0 bridgehead atoms. The number of thiazole rings is 1. The molecule has 0 fully saturated rings. The maximum Gasteiger partial charge on any atom is 0.355 e. The van der Waals surface area contributed by atoms with Crippen molar-refractivity contribution in [1.82, 2.24) is 4.98 Å². The Hall–Kier alpha value is -1.95. The summed E-state index contributed by atoms with van der Waals surface area (Å²) in [6.45, 7) is 3.71. The van der Waals surface area contributed by atoms with E-state index in [9.17, 15) is 9.18 Å². The molecule has 0 saturated carbocycles. The van der Waals surface area contributed by atoms with E-state index in [1.165, 1.54) is 23.5 Å². The van der Waals surface area contributed by atoms with Gasteiger partial charge in [0.05, 0.1) is 0 Å². The smallest absolute Gasteiger partial charge is 0.355 e. The molecule has 0 spiro atoms. The fourth-order valence-electron chi connectivity index (χ4n) is 1.89. The van der Waals surface area contributed by atoms with Gasteiger partial charge in [0.25, 0.3) is 0 Å². The first-order valence-electron chi connectivity index (χ1n) is 6.17. The van der Waals surface area contributed by atoms with Crippen LogP contribution in [0.4, 0.5) is 9.52 Å². The number of carboxylic acids is 1. The van der Waals surface area contributed by atoms with Crippen molar-refractivity contribution in [3.05, 3.63) is 46.2 Å². The second-order valence-corrected chi connectivity index (χ2v) is 5.81. The lowest BCUT2D eigenvalue weighted by atomic mass is 10.1. The third-order valence-corrected chi connectivity index (χ3v) is 3.73. The quantitative estimate of drug-likeness (QED) is 0.888. The molecule has 2 N–H and O–H groups in total. The number of hydrogen-bond acceptors (Lipinski definition) is 4. The van der Waals surface area contributed by atoms with Crippen LogP contribution in [0.5, 0.6) is 0 Å². The summed E-state index contributed by atoms with van der Waals surface area (Å²) in [7, 11) is 0. The predicted octanol–water partition coefficient (Wildman–Crippen LogP) is 3.33. The van der Waals surface area contributed by atoms with Crippen LogP contribution in [0.1, 0.15) is 27.9 Å². The molecule has 0 amide bonds. The number of carboxylic acid groups (broad SMARTS) is 1. The number of aromatic nitrogens is 1. The van der Waals surface area contributed by atoms with Crippen molar-refractivity contribution in [1.29, 1.82) is 0 Å². The van der Waals surface area contributed by atoms with E-state index in [4.69, 9.17) is 5.11 Å². The van der Waals surface area contributed by atoms with Gasteiger partial charge < -0.3 is 10.4 Å². The molecule has 0 saturated heterocycles. The number of anilines is 1. The van der Waals surface area contributed by atoms with E-state index in [-0.39, 0.29) is 17.6 Å². The Bertz CT molecular complexity index is 610. The maximum atomic E-state index is 12.8. The van der Waals surface area contributed by atoms with Crippen LogP contribution in [-0.2, 0) is 6.42 Å². The van der Waals surface area contributed by atoms with Crippen molar-refractivity contribution in [3.8, 4) is 0 Å². The minimum atomic E-state index is -1.02. The SMILES string of the molecule is Cc1sc(NC(C)Cc2ccc(F)cc2)nc1C(=O)O. The minimum absolute atomic E-state index is 0.0765. The lowest BCUT2D eigenvalue weighted by Crippen LogP contribution is -2.18. The summed E-state index contributed by atoms with van der Waals surface area (Å²) in [5, 5.41) is 12.7. The van der Waals surface area contributed by atoms with Crippen molar-refractivity contribution in [2.24, 2.45) is 0 Å². The average Bonchev–Trinajstić information content (AvgIpc) is 2.73. The second-order valence-electron chi connectivity index (χ2n) is 4.60. The summed E-state index contributed by atoms with van der Waals surface area (Å²) in [6, 6.07) is 6.41. The molecule has 1 atom stereocenters. The normalized spacial score (nSPS) is 12.2. The summed E-state index contributed by atoms with van der Waals surface area (Å²) in [6.07, 6.45) is 0.710. The van der Waals surface area contributed by atoms with Gasteiger partial charge in [-0.2, -0.15) is 0 Å². The minimum Gasteiger partial charge on any atom is -0.476 e. The van der Waals surface area contributed by atoms with Crippen LogP contribution in [0, 0.1) is 12.7 Å².